The van der Waals surface area contributed by atoms with E-state index in [2.05, 4.69) is 19.2 Å². The van der Waals surface area contributed by atoms with Crippen LogP contribution in [0.4, 0.5) is 5.69 Å². The van der Waals surface area contributed by atoms with Crippen LogP contribution in [0.2, 0.25) is 0 Å². The fourth-order valence-electron chi connectivity index (χ4n) is 3.62. The number of carbonyl (C=O) groups is 2. The van der Waals surface area contributed by atoms with Crippen molar-refractivity contribution in [1.29, 1.82) is 0 Å². The van der Waals surface area contributed by atoms with E-state index in [1.54, 1.807) is 12.1 Å². The lowest BCUT2D eigenvalue weighted by atomic mass is 10.0. The van der Waals surface area contributed by atoms with E-state index >= 15 is 0 Å². The number of morpholine rings is 1. The van der Waals surface area contributed by atoms with Crippen molar-refractivity contribution < 1.29 is 27.5 Å². The third kappa shape index (κ3) is 6.40. The summed E-state index contributed by atoms with van der Waals surface area (Å²) < 4.78 is 38.1. The zero-order valence-corrected chi connectivity index (χ0v) is 20.1. The Morgan fingerprint density at radius 3 is 2.33 bits per heavy atom. The number of carbonyl (C=O) groups excluding carboxylic acids is 2. The van der Waals surface area contributed by atoms with E-state index < -0.39 is 28.5 Å². The van der Waals surface area contributed by atoms with Gasteiger partial charge in [0.25, 0.3) is 5.91 Å². The topological polar surface area (TPSA) is 102 Å². The fraction of sp³-hybridized carbons (Fsp3) is 0.417. The summed E-state index contributed by atoms with van der Waals surface area (Å²) in [4.78, 5) is 24.6. The Bertz CT molecular complexity index is 1090. The Labute approximate surface area is 194 Å². The van der Waals surface area contributed by atoms with Crippen molar-refractivity contribution >= 4 is 27.6 Å². The van der Waals surface area contributed by atoms with Gasteiger partial charge in [-0.15, -0.1) is 0 Å². The number of anilines is 1. The number of nitrogens with one attached hydrogen (secondary N) is 1. The monoisotopic (exact) mass is 474 g/mol. The van der Waals surface area contributed by atoms with Gasteiger partial charge in [0.2, 0.25) is 10.0 Å². The number of benzene rings is 2. The first-order chi connectivity index (χ1) is 15.6. The Morgan fingerprint density at radius 1 is 1.09 bits per heavy atom. The molecule has 2 unspecified atom stereocenters. The van der Waals surface area contributed by atoms with Gasteiger partial charge in [0.05, 0.1) is 22.7 Å². The zero-order valence-electron chi connectivity index (χ0n) is 19.3. The van der Waals surface area contributed by atoms with E-state index in [9.17, 15) is 18.0 Å². The quantitative estimate of drug-likeness (QED) is 0.617. The van der Waals surface area contributed by atoms with E-state index in [1.807, 2.05) is 26.0 Å². The largest absolute Gasteiger partial charge is 0.452 e. The predicted octanol–water partition coefficient (Wildman–Crippen LogP) is 3.40. The molecule has 2 atom stereocenters. The molecule has 3 rings (SSSR count). The molecule has 1 heterocycles. The second-order valence-electron chi connectivity index (χ2n) is 8.51. The molecule has 1 aliphatic heterocycles. The van der Waals surface area contributed by atoms with Crippen LogP contribution in [0.25, 0.3) is 0 Å². The molecule has 8 nitrogen and oxygen atoms in total. The van der Waals surface area contributed by atoms with Crippen LogP contribution in [-0.4, -0.2) is 56.5 Å². The number of hydrogen-bond donors (Lipinski definition) is 1. The van der Waals surface area contributed by atoms with Crippen LogP contribution in [-0.2, 0) is 24.3 Å². The molecule has 1 saturated heterocycles. The van der Waals surface area contributed by atoms with Crippen molar-refractivity contribution in [2.75, 3.05) is 25.0 Å². The summed E-state index contributed by atoms with van der Waals surface area (Å²) in [6, 6.07) is 13.1. The van der Waals surface area contributed by atoms with E-state index in [4.69, 9.17) is 9.47 Å². The smallest absolute Gasteiger partial charge is 0.338 e. The van der Waals surface area contributed by atoms with E-state index in [0.29, 0.717) is 11.6 Å². The van der Waals surface area contributed by atoms with Crippen LogP contribution in [0.5, 0.6) is 0 Å². The molecule has 0 aliphatic carbocycles. The Hall–Kier alpha value is -2.75. The normalized spacial score (nSPS) is 19.3. The maximum absolute atomic E-state index is 13.0. The van der Waals surface area contributed by atoms with Crippen molar-refractivity contribution in [3.05, 3.63) is 59.7 Å². The fourth-order valence-corrected chi connectivity index (χ4v) is 5.26. The highest BCUT2D eigenvalue weighted by molar-refractivity contribution is 7.89. The minimum atomic E-state index is -3.80. The van der Waals surface area contributed by atoms with Gasteiger partial charge >= 0.3 is 5.97 Å². The third-order valence-corrected chi connectivity index (χ3v) is 7.12. The molecular weight excluding hydrogens is 444 g/mol. The number of sulfonamides is 1. The molecule has 1 N–H and O–H groups in total. The summed E-state index contributed by atoms with van der Waals surface area (Å²) >= 11 is 0. The molecule has 0 bridgehead atoms. The maximum Gasteiger partial charge on any atom is 0.338 e. The van der Waals surface area contributed by atoms with Crippen LogP contribution in [0.1, 0.15) is 49.5 Å². The summed E-state index contributed by atoms with van der Waals surface area (Å²) in [6.45, 7) is 7.77. The van der Waals surface area contributed by atoms with Gasteiger partial charge < -0.3 is 14.8 Å². The molecule has 2 aromatic carbocycles. The van der Waals surface area contributed by atoms with E-state index in [1.165, 1.54) is 28.6 Å². The number of nitrogens with zero attached hydrogens (tertiary/aromatic N) is 1. The lowest BCUT2D eigenvalue weighted by Gasteiger charge is -2.34. The molecular formula is C24H30N2O6S. The lowest BCUT2D eigenvalue weighted by Crippen LogP contribution is -2.48. The zero-order chi connectivity index (χ0) is 24.2. The number of hydrogen-bond acceptors (Lipinski definition) is 6. The first kappa shape index (κ1) is 24.9. The highest BCUT2D eigenvalue weighted by atomic mass is 32.2. The number of esters is 1. The Morgan fingerprint density at radius 2 is 1.73 bits per heavy atom. The van der Waals surface area contributed by atoms with Gasteiger partial charge in [0, 0.05) is 18.8 Å². The third-order valence-electron chi connectivity index (χ3n) is 5.29. The molecule has 1 fully saturated rings. The molecule has 1 aliphatic rings. The van der Waals surface area contributed by atoms with Gasteiger partial charge in [-0.3, -0.25) is 4.79 Å². The summed E-state index contributed by atoms with van der Waals surface area (Å²) in [6.07, 6.45) is -0.450. The van der Waals surface area contributed by atoms with Crippen molar-refractivity contribution in [1.82, 2.24) is 4.31 Å². The summed E-state index contributed by atoms with van der Waals surface area (Å²) in [7, 11) is -3.80. The highest BCUT2D eigenvalue weighted by Crippen LogP contribution is 2.22. The summed E-state index contributed by atoms with van der Waals surface area (Å²) in [5.41, 5.74) is 1.80. The molecule has 33 heavy (non-hydrogen) atoms. The van der Waals surface area contributed by atoms with E-state index in [-0.39, 0.29) is 35.8 Å². The van der Waals surface area contributed by atoms with Crippen molar-refractivity contribution in [3.63, 3.8) is 0 Å². The van der Waals surface area contributed by atoms with Gasteiger partial charge in [-0.05, 0) is 55.7 Å². The molecule has 1 amide bonds. The highest BCUT2D eigenvalue weighted by Gasteiger charge is 2.32. The Balaban J connectivity index is 1.61. The first-order valence-corrected chi connectivity index (χ1v) is 12.3. The number of rotatable bonds is 7. The molecule has 0 aromatic heterocycles. The van der Waals surface area contributed by atoms with Crippen molar-refractivity contribution in [2.45, 2.75) is 50.7 Å². The van der Waals surface area contributed by atoms with Crippen LogP contribution in [0.3, 0.4) is 0 Å². The molecule has 0 radical (unpaired) electrons. The Kier molecular flexibility index (Phi) is 7.88. The predicted molar refractivity (Wildman–Crippen MR) is 125 cm³/mol. The summed E-state index contributed by atoms with van der Waals surface area (Å²) in [5, 5.41) is 2.67. The van der Waals surface area contributed by atoms with Gasteiger partial charge in [0.15, 0.2) is 6.61 Å². The van der Waals surface area contributed by atoms with Crippen LogP contribution in [0.15, 0.2) is 53.4 Å². The van der Waals surface area contributed by atoms with Gasteiger partial charge in [-0.1, -0.05) is 32.0 Å². The summed E-state index contributed by atoms with van der Waals surface area (Å²) in [5.74, 6) is -0.882. The standard InChI is InChI=1S/C24H30N2O6S/c1-16(2)19-8-10-21(11-9-19)25-23(27)15-31-24(28)20-6-5-7-22(12-20)33(29,30)26-13-17(3)32-18(4)14-26/h5-12,16-18H,13-15H2,1-4H3,(H,25,27). The number of ether oxygens (including phenoxy) is 2. The average molecular weight is 475 g/mol. The minimum Gasteiger partial charge on any atom is -0.452 e. The molecule has 178 valence electrons. The average Bonchev–Trinajstić information content (AvgIpc) is 2.77. The van der Waals surface area contributed by atoms with Crippen molar-refractivity contribution in [3.8, 4) is 0 Å². The molecule has 2 aromatic rings. The van der Waals surface area contributed by atoms with Crippen molar-refractivity contribution in [2.24, 2.45) is 0 Å². The maximum atomic E-state index is 13.0. The lowest BCUT2D eigenvalue weighted by molar-refractivity contribution is -0.119. The first-order valence-electron chi connectivity index (χ1n) is 10.9. The second-order valence-corrected chi connectivity index (χ2v) is 10.4. The van der Waals surface area contributed by atoms with E-state index in [0.717, 1.165) is 5.56 Å². The minimum absolute atomic E-state index is 0.00653. The van der Waals surface area contributed by atoms with Crippen LogP contribution in [0, 0.1) is 0 Å². The molecule has 0 saturated carbocycles. The molecule has 0 spiro atoms. The van der Waals surface area contributed by atoms with Gasteiger partial charge in [0.1, 0.15) is 0 Å². The second kappa shape index (κ2) is 10.5. The van der Waals surface area contributed by atoms with Gasteiger partial charge in [-0.2, -0.15) is 4.31 Å². The van der Waals surface area contributed by atoms with Gasteiger partial charge in [-0.25, -0.2) is 13.2 Å². The number of amides is 1. The molecule has 9 heteroatoms. The van der Waals surface area contributed by atoms with Crippen LogP contribution >= 0.6 is 0 Å². The SMILES string of the molecule is CC1CN(S(=O)(=O)c2cccc(C(=O)OCC(=O)Nc3ccc(C(C)C)cc3)c2)CC(C)O1. The van der Waals surface area contributed by atoms with Crippen LogP contribution < -0.4 is 5.32 Å².